The molecule has 0 radical (unpaired) electrons. The molecule has 0 spiro atoms. The highest BCUT2D eigenvalue weighted by Gasteiger charge is 2.15. The Morgan fingerprint density at radius 2 is 2.06 bits per heavy atom. The number of nitrogens with one attached hydrogen (secondary N) is 2. The molecule has 0 saturated carbocycles. The highest BCUT2D eigenvalue weighted by atomic mass is 16.1. The Labute approximate surface area is 109 Å². The molecule has 1 fully saturated rings. The van der Waals surface area contributed by atoms with Gasteiger partial charge < -0.3 is 10.6 Å². The zero-order valence-electron chi connectivity index (χ0n) is 11.3. The van der Waals surface area contributed by atoms with Crippen molar-refractivity contribution in [2.45, 2.75) is 26.7 Å². The number of hydrogen-bond acceptors (Lipinski definition) is 2. The van der Waals surface area contributed by atoms with E-state index in [9.17, 15) is 4.79 Å². The highest BCUT2D eigenvalue weighted by molar-refractivity contribution is 5.95. The van der Waals surface area contributed by atoms with E-state index in [2.05, 4.69) is 10.6 Å². The van der Waals surface area contributed by atoms with Crippen molar-refractivity contribution < 1.29 is 4.79 Å². The molecule has 1 saturated heterocycles. The van der Waals surface area contributed by atoms with Gasteiger partial charge in [-0.25, -0.2) is 0 Å². The van der Waals surface area contributed by atoms with Gasteiger partial charge in [0, 0.05) is 12.1 Å². The first-order valence-corrected chi connectivity index (χ1v) is 6.73. The molecule has 0 aliphatic carbocycles. The van der Waals surface area contributed by atoms with Gasteiger partial charge in [0.2, 0.25) is 0 Å². The summed E-state index contributed by atoms with van der Waals surface area (Å²) in [6.07, 6.45) is 2.32. The van der Waals surface area contributed by atoms with Gasteiger partial charge in [-0.2, -0.15) is 0 Å². The maximum absolute atomic E-state index is 12.1. The second-order valence-electron chi connectivity index (χ2n) is 5.22. The Morgan fingerprint density at radius 3 is 2.78 bits per heavy atom. The summed E-state index contributed by atoms with van der Waals surface area (Å²) < 4.78 is 0. The Balaban J connectivity index is 1.92. The molecular formula is C15H22N2O. The lowest BCUT2D eigenvalue weighted by Crippen LogP contribution is -2.36. The van der Waals surface area contributed by atoms with Crippen molar-refractivity contribution in [3.8, 4) is 0 Å². The molecule has 1 aliphatic rings. The van der Waals surface area contributed by atoms with Crippen molar-refractivity contribution in [3.63, 3.8) is 0 Å². The molecule has 0 bridgehead atoms. The predicted molar refractivity (Wildman–Crippen MR) is 73.8 cm³/mol. The Kier molecular flexibility index (Phi) is 4.37. The number of carbonyl (C=O) groups is 1. The monoisotopic (exact) mass is 246 g/mol. The van der Waals surface area contributed by atoms with Crippen molar-refractivity contribution >= 4 is 5.91 Å². The van der Waals surface area contributed by atoms with E-state index in [4.69, 9.17) is 0 Å². The SMILES string of the molecule is Cc1ccc(C)c(C(=O)NCC2CCNCC2)c1. The smallest absolute Gasteiger partial charge is 0.251 e. The van der Waals surface area contributed by atoms with Crippen LogP contribution >= 0.6 is 0 Å². The Bertz CT molecular complexity index is 423. The molecule has 2 N–H and O–H groups in total. The molecule has 3 nitrogen and oxygen atoms in total. The Morgan fingerprint density at radius 1 is 1.33 bits per heavy atom. The molecule has 0 unspecified atom stereocenters. The van der Waals surface area contributed by atoms with Crippen LogP contribution in [0.4, 0.5) is 0 Å². The van der Waals surface area contributed by atoms with E-state index >= 15 is 0 Å². The lowest BCUT2D eigenvalue weighted by Gasteiger charge is -2.22. The van der Waals surface area contributed by atoms with Crippen LogP contribution in [-0.4, -0.2) is 25.5 Å². The van der Waals surface area contributed by atoms with Crippen molar-refractivity contribution in [2.24, 2.45) is 5.92 Å². The number of rotatable bonds is 3. The van der Waals surface area contributed by atoms with Crippen LogP contribution in [0, 0.1) is 19.8 Å². The summed E-state index contributed by atoms with van der Waals surface area (Å²) in [4.78, 5) is 12.1. The number of benzene rings is 1. The number of amides is 1. The van der Waals surface area contributed by atoms with Crippen LogP contribution in [0.1, 0.15) is 34.3 Å². The van der Waals surface area contributed by atoms with Crippen molar-refractivity contribution in [1.29, 1.82) is 0 Å². The number of hydrogen-bond donors (Lipinski definition) is 2. The van der Waals surface area contributed by atoms with Gasteiger partial charge in [-0.05, 0) is 57.3 Å². The zero-order valence-corrected chi connectivity index (χ0v) is 11.3. The van der Waals surface area contributed by atoms with E-state index in [0.717, 1.165) is 49.2 Å². The van der Waals surface area contributed by atoms with Crippen LogP contribution in [0.25, 0.3) is 0 Å². The molecule has 1 amide bonds. The van der Waals surface area contributed by atoms with Gasteiger partial charge in [0.1, 0.15) is 0 Å². The van der Waals surface area contributed by atoms with Crippen molar-refractivity contribution in [3.05, 3.63) is 34.9 Å². The largest absolute Gasteiger partial charge is 0.352 e. The van der Waals surface area contributed by atoms with Gasteiger partial charge in [-0.15, -0.1) is 0 Å². The molecule has 18 heavy (non-hydrogen) atoms. The van der Waals surface area contributed by atoms with Crippen LogP contribution in [0.5, 0.6) is 0 Å². The predicted octanol–water partition coefficient (Wildman–Crippen LogP) is 2.03. The summed E-state index contributed by atoms with van der Waals surface area (Å²) in [6.45, 7) is 6.95. The van der Waals surface area contributed by atoms with Crippen LogP contribution in [0.15, 0.2) is 18.2 Å². The summed E-state index contributed by atoms with van der Waals surface area (Å²) >= 11 is 0. The number of aryl methyl sites for hydroxylation is 2. The lowest BCUT2D eigenvalue weighted by molar-refractivity contribution is 0.0943. The lowest BCUT2D eigenvalue weighted by atomic mass is 9.98. The number of carbonyl (C=O) groups excluding carboxylic acids is 1. The molecule has 0 aromatic heterocycles. The van der Waals surface area contributed by atoms with Crippen LogP contribution in [-0.2, 0) is 0 Å². The average Bonchev–Trinajstić information content (AvgIpc) is 2.40. The van der Waals surface area contributed by atoms with Crippen LogP contribution in [0.2, 0.25) is 0 Å². The van der Waals surface area contributed by atoms with E-state index < -0.39 is 0 Å². The Hall–Kier alpha value is -1.35. The normalized spacial score (nSPS) is 16.6. The summed E-state index contributed by atoms with van der Waals surface area (Å²) in [5, 5.41) is 6.41. The molecule has 3 heteroatoms. The minimum absolute atomic E-state index is 0.0646. The molecule has 2 rings (SSSR count). The molecule has 1 aliphatic heterocycles. The van der Waals surface area contributed by atoms with Gasteiger partial charge >= 0.3 is 0 Å². The third-order valence-corrected chi connectivity index (χ3v) is 3.65. The van der Waals surface area contributed by atoms with Crippen LogP contribution < -0.4 is 10.6 Å². The fraction of sp³-hybridized carbons (Fsp3) is 0.533. The topological polar surface area (TPSA) is 41.1 Å². The number of piperidine rings is 1. The van der Waals surface area contributed by atoms with Gasteiger partial charge in [-0.3, -0.25) is 4.79 Å². The summed E-state index contributed by atoms with van der Waals surface area (Å²) in [6, 6.07) is 6.01. The standard InChI is InChI=1S/C15H22N2O/c1-11-3-4-12(2)14(9-11)15(18)17-10-13-5-7-16-8-6-13/h3-4,9,13,16H,5-8,10H2,1-2H3,(H,17,18). The molecular weight excluding hydrogens is 224 g/mol. The van der Waals surface area contributed by atoms with Gasteiger partial charge in [0.05, 0.1) is 0 Å². The van der Waals surface area contributed by atoms with E-state index in [1.165, 1.54) is 0 Å². The molecule has 1 aromatic carbocycles. The summed E-state index contributed by atoms with van der Waals surface area (Å²) in [5.41, 5.74) is 2.99. The zero-order chi connectivity index (χ0) is 13.0. The fourth-order valence-corrected chi connectivity index (χ4v) is 2.40. The molecule has 1 aromatic rings. The van der Waals surface area contributed by atoms with Gasteiger partial charge in [0.15, 0.2) is 0 Å². The van der Waals surface area contributed by atoms with E-state index in [1.54, 1.807) is 0 Å². The van der Waals surface area contributed by atoms with Crippen molar-refractivity contribution in [1.82, 2.24) is 10.6 Å². The first-order chi connectivity index (χ1) is 8.66. The fourth-order valence-electron chi connectivity index (χ4n) is 2.40. The minimum Gasteiger partial charge on any atom is -0.352 e. The maximum Gasteiger partial charge on any atom is 0.251 e. The molecule has 98 valence electrons. The van der Waals surface area contributed by atoms with Crippen LogP contribution in [0.3, 0.4) is 0 Å². The first kappa shape index (κ1) is 13.1. The van der Waals surface area contributed by atoms with Crippen molar-refractivity contribution in [2.75, 3.05) is 19.6 Å². The molecule has 0 atom stereocenters. The third kappa shape index (κ3) is 3.33. The van der Waals surface area contributed by atoms with E-state index in [0.29, 0.717) is 5.92 Å². The van der Waals surface area contributed by atoms with E-state index in [-0.39, 0.29) is 5.91 Å². The molecule has 1 heterocycles. The highest BCUT2D eigenvalue weighted by Crippen LogP contribution is 2.13. The maximum atomic E-state index is 12.1. The summed E-state index contributed by atoms with van der Waals surface area (Å²) in [7, 11) is 0. The second kappa shape index (κ2) is 6.01. The van der Waals surface area contributed by atoms with Gasteiger partial charge in [-0.1, -0.05) is 17.7 Å². The average molecular weight is 246 g/mol. The first-order valence-electron chi connectivity index (χ1n) is 6.73. The van der Waals surface area contributed by atoms with E-state index in [1.807, 2.05) is 32.0 Å². The third-order valence-electron chi connectivity index (χ3n) is 3.65. The quantitative estimate of drug-likeness (QED) is 0.857. The van der Waals surface area contributed by atoms with Gasteiger partial charge in [0.25, 0.3) is 5.91 Å². The second-order valence-corrected chi connectivity index (χ2v) is 5.22. The minimum atomic E-state index is 0.0646. The summed E-state index contributed by atoms with van der Waals surface area (Å²) in [5.74, 6) is 0.690.